The van der Waals surface area contributed by atoms with E-state index in [2.05, 4.69) is 18.5 Å². The zero-order chi connectivity index (χ0) is 15.4. The number of piperidine rings is 1. The molecule has 1 aliphatic heterocycles. The first-order valence-corrected chi connectivity index (χ1v) is 7.84. The molecule has 1 aromatic rings. The molecule has 2 rings (SSSR count). The highest BCUT2D eigenvalue weighted by atomic mass is 32.1. The summed E-state index contributed by atoms with van der Waals surface area (Å²) < 4.78 is 0. The topological polar surface area (TPSA) is 60.9 Å². The summed E-state index contributed by atoms with van der Waals surface area (Å²) in [4.78, 5) is 27.9. The predicted octanol–water partition coefficient (Wildman–Crippen LogP) is 2.45. The maximum absolute atomic E-state index is 12.5. The normalized spacial score (nSPS) is 16.6. The Morgan fingerprint density at radius 2 is 2.19 bits per heavy atom. The van der Waals surface area contributed by atoms with E-state index >= 15 is 0 Å². The van der Waals surface area contributed by atoms with Gasteiger partial charge in [-0.3, -0.25) is 4.79 Å². The van der Waals surface area contributed by atoms with Crippen LogP contribution in [0.5, 0.6) is 0 Å². The molecule has 0 bridgehead atoms. The van der Waals surface area contributed by atoms with Crippen LogP contribution in [-0.4, -0.2) is 48.1 Å². The third kappa shape index (κ3) is 3.51. The first kappa shape index (κ1) is 15.7. The van der Waals surface area contributed by atoms with E-state index in [4.69, 9.17) is 0 Å². The lowest BCUT2D eigenvalue weighted by atomic mass is 10.0. The Labute approximate surface area is 128 Å². The second kappa shape index (κ2) is 6.87. The number of carbonyl (C=O) groups excluding carboxylic acids is 1. The zero-order valence-corrected chi connectivity index (χ0v) is 12.9. The first-order chi connectivity index (χ1) is 10.0. The summed E-state index contributed by atoms with van der Waals surface area (Å²) in [6.07, 6.45) is 3.50. The van der Waals surface area contributed by atoms with Gasteiger partial charge in [0.25, 0.3) is 0 Å². The molecule has 5 nitrogen and oxygen atoms in total. The number of anilines is 1. The molecule has 0 spiro atoms. The van der Waals surface area contributed by atoms with Crippen LogP contribution in [0.25, 0.3) is 0 Å². The summed E-state index contributed by atoms with van der Waals surface area (Å²) in [5, 5.41) is 11.0. The second-order valence-electron chi connectivity index (χ2n) is 5.23. The number of hydrogen-bond donors (Lipinski definition) is 1. The fourth-order valence-corrected chi connectivity index (χ4v) is 3.38. The Bertz CT molecular complexity index is 533. The lowest BCUT2D eigenvalue weighted by Crippen LogP contribution is -2.47. The van der Waals surface area contributed by atoms with Crippen LogP contribution in [0, 0.1) is 0 Å². The van der Waals surface area contributed by atoms with E-state index in [1.54, 1.807) is 22.4 Å². The molecule has 1 N–H and O–H groups in total. The van der Waals surface area contributed by atoms with Gasteiger partial charge < -0.3 is 14.9 Å². The van der Waals surface area contributed by atoms with E-state index in [0.29, 0.717) is 5.69 Å². The summed E-state index contributed by atoms with van der Waals surface area (Å²) in [6.45, 7) is 5.43. The molecule has 0 radical (unpaired) electrons. The van der Waals surface area contributed by atoms with Crippen LogP contribution in [0.3, 0.4) is 0 Å². The quantitative estimate of drug-likeness (QED) is 0.849. The fourth-order valence-electron chi connectivity index (χ4n) is 2.66. The number of carboxylic acids is 1. The minimum Gasteiger partial charge on any atom is -0.477 e. The average molecular weight is 308 g/mol. The molecule has 2 heterocycles. The lowest BCUT2D eigenvalue weighted by Gasteiger charge is -2.37. The van der Waals surface area contributed by atoms with Crippen LogP contribution < -0.4 is 4.90 Å². The minimum absolute atomic E-state index is 0.0568. The predicted molar refractivity (Wildman–Crippen MR) is 84.1 cm³/mol. The number of amides is 1. The van der Waals surface area contributed by atoms with Gasteiger partial charge in [0.2, 0.25) is 5.91 Å². The number of thiophene rings is 1. The molecule has 0 unspecified atom stereocenters. The summed E-state index contributed by atoms with van der Waals surface area (Å²) >= 11 is 1.16. The van der Waals surface area contributed by atoms with Gasteiger partial charge in [-0.15, -0.1) is 17.9 Å². The summed E-state index contributed by atoms with van der Waals surface area (Å²) in [7, 11) is 2.05. The molecule has 0 aromatic carbocycles. The van der Waals surface area contributed by atoms with Crippen molar-refractivity contribution in [3.63, 3.8) is 0 Å². The van der Waals surface area contributed by atoms with Crippen LogP contribution in [0.4, 0.5) is 5.69 Å². The van der Waals surface area contributed by atoms with Crippen molar-refractivity contribution >= 4 is 28.9 Å². The number of likely N-dealkylation sites (tertiary alicyclic amines) is 1. The molecular formula is C15H20N2O3S. The highest BCUT2D eigenvalue weighted by Crippen LogP contribution is 2.31. The summed E-state index contributed by atoms with van der Waals surface area (Å²) in [5.41, 5.74) is 0.522. The smallest absolute Gasteiger partial charge is 0.348 e. The van der Waals surface area contributed by atoms with E-state index < -0.39 is 5.97 Å². The molecule has 21 heavy (non-hydrogen) atoms. The molecule has 1 aromatic heterocycles. The molecular weight excluding hydrogens is 288 g/mol. The monoisotopic (exact) mass is 308 g/mol. The Hall–Kier alpha value is -1.66. The van der Waals surface area contributed by atoms with Crippen LogP contribution in [-0.2, 0) is 4.79 Å². The van der Waals surface area contributed by atoms with E-state index in [-0.39, 0.29) is 23.2 Å². The van der Waals surface area contributed by atoms with Crippen molar-refractivity contribution in [2.45, 2.75) is 25.3 Å². The standard InChI is InChI=1S/C15H20N2O3S/c1-3-4-13(18)17(11-5-8-16(2)9-6-11)12-7-10-21-14(12)15(19)20/h3,7,10-11H,1,4-6,8-9H2,2H3,(H,19,20). The van der Waals surface area contributed by atoms with Gasteiger partial charge in [-0.05, 0) is 44.4 Å². The van der Waals surface area contributed by atoms with Crippen LogP contribution >= 0.6 is 11.3 Å². The number of hydrogen-bond acceptors (Lipinski definition) is 4. The largest absolute Gasteiger partial charge is 0.477 e. The van der Waals surface area contributed by atoms with Gasteiger partial charge in [-0.25, -0.2) is 4.79 Å². The van der Waals surface area contributed by atoms with Crippen LogP contribution in [0.15, 0.2) is 24.1 Å². The molecule has 114 valence electrons. The first-order valence-electron chi connectivity index (χ1n) is 6.97. The third-order valence-corrected chi connectivity index (χ3v) is 4.63. The molecule has 0 aliphatic carbocycles. The molecule has 0 atom stereocenters. The van der Waals surface area contributed by atoms with E-state index in [9.17, 15) is 14.7 Å². The highest BCUT2D eigenvalue weighted by molar-refractivity contribution is 7.12. The van der Waals surface area contributed by atoms with Crippen LogP contribution in [0.2, 0.25) is 0 Å². The van der Waals surface area contributed by atoms with Crippen molar-refractivity contribution in [2.24, 2.45) is 0 Å². The summed E-state index contributed by atoms with van der Waals surface area (Å²) in [6, 6.07) is 1.79. The van der Waals surface area contributed by atoms with Crippen molar-refractivity contribution in [2.75, 3.05) is 25.0 Å². The van der Waals surface area contributed by atoms with Gasteiger partial charge in [0.1, 0.15) is 4.88 Å². The van der Waals surface area contributed by atoms with Crippen molar-refractivity contribution in [1.82, 2.24) is 4.90 Å². The summed E-state index contributed by atoms with van der Waals surface area (Å²) in [5.74, 6) is -1.07. The van der Waals surface area contributed by atoms with E-state index in [0.717, 1.165) is 37.3 Å². The van der Waals surface area contributed by atoms with Crippen molar-refractivity contribution < 1.29 is 14.7 Å². The fraction of sp³-hybridized carbons (Fsp3) is 0.467. The van der Waals surface area contributed by atoms with Gasteiger partial charge in [-0.2, -0.15) is 0 Å². The Morgan fingerprint density at radius 3 is 2.76 bits per heavy atom. The number of nitrogens with zero attached hydrogens (tertiary/aromatic N) is 2. The van der Waals surface area contributed by atoms with Gasteiger partial charge in [-0.1, -0.05) is 6.08 Å². The van der Waals surface area contributed by atoms with Gasteiger partial charge in [0.15, 0.2) is 0 Å². The molecule has 1 aliphatic rings. The highest BCUT2D eigenvalue weighted by Gasteiger charge is 2.30. The van der Waals surface area contributed by atoms with Gasteiger partial charge >= 0.3 is 5.97 Å². The van der Waals surface area contributed by atoms with E-state index in [1.165, 1.54) is 0 Å². The Morgan fingerprint density at radius 1 is 1.52 bits per heavy atom. The third-order valence-electron chi connectivity index (χ3n) is 3.74. The second-order valence-corrected chi connectivity index (χ2v) is 6.15. The Balaban J connectivity index is 2.31. The maximum atomic E-state index is 12.5. The number of carbonyl (C=O) groups is 2. The Kier molecular flexibility index (Phi) is 5.14. The molecule has 0 saturated carbocycles. The minimum atomic E-state index is -0.982. The number of rotatable bonds is 5. The lowest BCUT2D eigenvalue weighted by molar-refractivity contribution is -0.118. The van der Waals surface area contributed by atoms with Crippen LogP contribution in [0.1, 0.15) is 28.9 Å². The van der Waals surface area contributed by atoms with Gasteiger partial charge in [0, 0.05) is 12.5 Å². The van der Waals surface area contributed by atoms with Crippen molar-refractivity contribution in [3.05, 3.63) is 29.0 Å². The number of aromatic carboxylic acids is 1. The zero-order valence-electron chi connectivity index (χ0n) is 12.1. The molecule has 1 amide bonds. The van der Waals surface area contributed by atoms with Gasteiger partial charge in [0.05, 0.1) is 5.69 Å². The maximum Gasteiger partial charge on any atom is 0.348 e. The van der Waals surface area contributed by atoms with Crippen molar-refractivity contribution in [1.29, 1.82) is 0 Å². The number of carboxylic acid groups (broad SMARTS) is 1. The molecule has 6 heteroatoms. The van der Waals surface area contributed by atoms with E-state index in [1.807, 2.05) is 0 Å². The van der Waals surface area contributed by atoms with Crippen molar-refractivity contribution in [3.8, 4) is 0 Å². The molecule has 1 saturated heterocycles. The molecule has 1 fully saturated rings. The average Bonchev–Trinajstić information content (AvgIpc) is 2.91. The SMILES string of the molecule is C=CCC(=O)N(c1ccsc1C(=O)O)C1CCN(C)CC1.